The summed E-state index contributed by atoms with van der Waals surface area (Å²) < 4.78 is 48.3. The number of nitrogens with zero attached hydrogens (tertiary/aromatic N) is 3. The number of nitrogens with one attached hydrogen (secondary N) is 1. The zero-order valence-electron chi connectivity index (χ0n) is 47.1. The lowest BCUT2D eigenvalue weighted by Gasteiger charge is -2.44. The van der Waals surface area contributed by atoms with Crippen molar-refractivity contribution in [1.29, 1.82) is 0 Å². The van der Waals surface area contributed by atoms with Gasteiger partial charge in [-0.2, -0.15) is 0 Å². The Morgan fingerprint density at radius 2 is 1.22 bits per heavy atom. The van der Waals surface area contributed by atoms with E-state index in [1.54, 1.807) is 14.2 Å². The van der Waals surface area contributed by atoms with Crippen molar-refractivity contribution in [3.05, 3.63) is 107 Å². The maximum absolute atomic E-state index is 14.3. The molecular weight excluding hydrogens is 969 g/mol. The molecule has 6 atom stereocenters. The van der Waals surface area contributed by atoms with E-state index in [1.807, 2.05) is 97.6 Å². The molecule has 1 aliphatic heterocycles. The van der Waals surface area contributed by atoms with Crippen LogP contribution in [0.2, 0.25) is 0 Å². The molecule has 4 rings (SSSR count). The Kier molecular flexibility index (Phi) is 28.0. The van der Waals surface area contributed by atoms with E-state index in [4.69, 9.17) is 44.5 Å². The van der Waals surface area contributed by atoms with Gasteiger partial charge in [-0.25, -0.2) is 6.57 Å². The third-order valence-electron chi connectivity index (χ3n) is 14.1. The Morgan fingerprint density at radius 1 is 0.684 bits per heavy atom. The number of hydrogen-bond donors (Lipinski definition) is 1. The standard InChI is InChI=1S/C60H88N4O12/c1-43(2)64(44(3)4)59(72-39-35-61-9)73-40-36-63(37-41-75-60(49-22-16-14-17-23-49,50-27-31-53(69-10)32-28-50)51-29-33-54(70-11)34-30-51)56(68)26-20-13-12-18-24-52(67)25-19-15-21-38-71-58-57(62-47(7)65)46(6)45(5)55(76-58)42-74-48(8)66/h14,16-17,22-23,27-34,43-46,55,57-59H,12-13,15,18-21,24-26,35-42H2,1-8,10-11H3,(H,62,65). The molecule has 16 nitrogen and oxygen atoms in total. The number of benzene rings is 3. The molecule has 1 heterocycles. The number of amides is 2. The summed E-state index contributed by atoms with van der Waals surface area (Å²) in [7, 11) is 3.28. The average Bonchev–Trinajstić information content (AvgIpc) is 3.41. The van der Waals surface area contributed by atoms with E-state index in [2.05, 4.69) is 42.8 Å². The van der Waals surface area contributed by atoms with Crippen molar-refractivity contribution >= 4 is 23.6 Å². The van der Waals surface area contributed by atoms with Crippen molar-refractivity contribution in [2.75, 3.05) is 66.9 Å². The Labute approximate surface area is 453 Å². The number of esters is 1. The van der Waals surface area contributed by atoms with Gasteiger partial charge in [0.05, 0.1) is 39.6 Å². The van der Waals surface area contributed by atoms with E-state index in [-0.39, 0.29) is 99.1 Å². The number of methoxy groups -OCH3 is 2. The minimum atomic E-state index is -1.06. The topological polar surface area (TPSA) is 165 Å². The van der Waals surface area contributed by atoms with Crippen LogP contribution in [0.5, 0.6) is 11.5 Å². The van der Waals surface area contributed by atoms with Gasteiger partial charge >= 0.3 is 5.97 Å². The predicted octanol–water partition coefficient (Wildman–Crippen LogP) is 9.75. The van der Waals surface area contributed by atoms with Crippen LogP contribution in [0.25, 0.3) is 4.85 Å². The van der Waals surface area contributed by atoms with Gasteiger partial charge < -0.3 is 53.0 Å². The Balaban J connectivity index is 1.36. The van der Waals surface area contributed by atoms with Gasteiger partial charge in [0.1, 0.15) is 36.1 Å². The molecule has 3 aromatic carbocycles. The summed E-state index contributed by atoms with van der Waals surface area (Å²) in [5.41, 5.74) is 1.63. The molecule has 0 aromatic heterocycles. The molecule has 420 valence electrons. The molecule has 0 spiro atoms. The maximum atomic E-state index is 14.3. The van der Waals surface area contributed by atoms with E-state index in [0.29, 0.717) is 50.3 Å². The Hall–Kier alpha value is -5.41. The van der Waals surface area contributed by atoms with E-state index < -0.39 is 18.3 Å². The molecule has 0 aliphatic carbocycles. The molecule has 3 aromatic rings. The predicted molar refractivity (Wildman–Crippen MR) is 292 cm³/mol. The first-order chi connectivity index (χ1) is 36.6. The summed E-state index contributed by atoms with van der Waals surface area (Å²) in [6.07, 6.45) is 4.93. The summed E-state index contributed by atoms with van der Waals surface area (Å²) in [4.78, 5) is 58.1. The lowest BCUT2D eigenvalue weighted by atomic mass is 9.80. The van der Waals surface area contributed by atoms with Gasteiger partial charge in [-0.1, -0.05) is 87.7 Å². The lowest BCUT2D eigenvalue weighted by Crippen LogP contribution is -2.58. The van der Waals surface area contributed by atoms with Crippen molar-refractivity contribution in [3.63, 3.8) is 0 Å². The third kappa shape index (κ3) is 19.9. The molecule has 0 radical (unpaired) electrons. The fourth-order valence-electron chi connectivity index (χ4n) is 9.81. The van der Waals surface area contributed by atoms with Crippen molar-refractivity contribution in [1.82, 2.24) is 15.1 Å². The summed E-state index contributed by atoms with van der Waals surface area (Å²) >= 11 is 0. The van der Waals surface area contributed by atoms with Crippen molar-refractivity contribution in [2.24, 2.45) is 11.8 Å². The first-order valence-electron chi connectivity index (χ1n) is 27.4. The van der Waals surface area contributed by atoms with Crippen LogP contribution in [0, 0.1) is 18.4 Å². The van der Waals surface area contributed by atoms with Crippen molar-refractivity contribution in [3.8, 4) is 11.5 Å². The molecule has 1 fully saturated rings. The fraction of sp³-hybridized carbons (Fsp3) is 0.617. The molecule has 0 bridgehead atoms. The van der Waals surface area contributed by atoms with Crippen LogP contribution in [-0.4, -0.2) is 137 Å². The Morgan fingerprint density at radius 3 is 1.76 bits per heavy atom. The monoisotopic (exact) mass is 1060 g/mol. The van der Waals surface area contributed by atoms with Crippen LogP contribution < -0.4 is 14.8 Å². The first-order valence-corrected chi connectivity index (χ1v) is 27.4. The minimum absolute atomic E-state index is 0.0203. The van der Waals surface area contributed by atoms with Crippen molar-refractivity contribution in [2.45, 2.75) is 162 Å². The zero-order valence-corrected chi connectivity index (χ0v) is 47.1. The van der Waals surface area contributed by atoms with Gasteiger partial charge in [0.25, 0.3) is 0 Å². The largest absolute Gasteiger partial charge is 0.497 e. The summed E-state index contributed by atoms with van der Waals surface area (Å²) in [6, 6.07) is 25.6. The second kappa shape index (κ2) is 33.7. The number of unbranched alkanes of at least 4 members (excludes halogenated alkanes) is 5. The molecule has 76 heavy (non-hydrogen) atoms. The summed E-state index contributed by atoms with van der Waals surface area (Å²) in [5, 5.41) is 2.98. The van der Waals surface area contributed by atoms with Crippen LogP contribution in [0.3, 0.4) is 0 Å². The highest BCUT2D eigenvalue weighted by molar-refractivity contribution is 5.78. The highest BCUT2D eigenvalue weighted by atomic mass is 16.7. The van der Waals surface area contributed by atoms with Crippen LogP contribution in [-0.2, 0) is 53.2 Å². The average molecular weight is 1060 g/mol. The summed E-state index contributed by atoms with van der Waals surface area (Å²) in [6.45, 7) is 24.4. The summed E-state index contributed by atoms with van der Waals surface area (Å²) in [5.74, 6) is 1.15. The van der Waals surface area contributed by atoms with Crippen LogP contribution in [0.1, 0.15) is 136 Å². The second-order valence-corrected chi connectivity index (χ2v) is 20.2. The highest BCUT2D eigenvalue weighted by Gasteiger charge is 2.43. The normalized spacial score (nSPS) is 18.0. The molecule has 1 saturated heterocycles. The quantitative estimate of drug-likeness (QED) is 0.0193. The van der Waals surface area contributed by atoms with Crippen LogP contribution in [0.4, 0.5) is 0 Å². The van der Waals surface area contributed by atoms with Gasteiger partial charge in [0, 0.05) is 64.9 Å². The molecule has 2 amide bonds. The van der Waals surface area contributed by atoms with Crippen LogP contribution >= 0.6 is 0 Å². The first kappa shape index (κ1) is 63.1. The van der Waals surface area contributed by atoms with Gasteiger partial charge in [-0.15, -0.1) is 0 Å². The number of hydrogen-bond acceptors (Lipinski definition) is 13. The van der Waals surface area contributed by atoms with Gasteiger partial charge in [0.15, 0.2) is 6.29 Å². The minimum Gasteiger partial charge on any atom is -0.497 e. The molecule has 16 heteroatoms. The number of ketones is 1. The lowest BCUT2D eigenvalue weighted by molar-refractivity contribution is -0.244. The number of carbonyl (C=O) groups is 4. The number of carbonyl (C=O) groups excluding carboxylic acids is 4. The number of rotatable bonds is 36. The van der Waals surface area contributed by atoms with E-state index in [9.17, 15) is 19.2 Å². The zero-order chi connectivity index (χ0) is 55.5. The number of ether oxygens (including phenoxy) is 8. The maximum Gasteiger partial charge on any atom is 0.302 e. The van der Waals surface area contributed by atoms with Crippen molar-refractivity contribution < 1.29 is 57.1 Å². The van der Waals surface area contributed by atoms with Crippen LogP contribution in [0.15, 0.2) is 78.9 Å². The number of Topliss-reactive ketones (excluding diaryl/α,β-unsaturated/α-hetero) is 1. The molecule has 0 saturated carbocycles. The Bertz CT molecular complexity index is 2150. The van der Waals surface area contributed by atoms with E-state index in [0.717, 1.165) is 55.2 Å². The highest BCUT2D eigenvalue weighted by Crippen LogP contribution is 2.42. The molecule has 1 aliphatic rings. The smallest absolute Gasteiger partial charge is 0.302 e. The molecule has 1 N–H and O–H groups in total. The molecular formula is C60H88N4O12. The SMILES string of the molecule is [C-]#[N+]CCOC(OCCN(CCOC(c1ccccc1)(c1ccc(OC)cc1)c1ccc(OC)cc1)C(=O)CCCCCCC(=O)CCCCCOC1OC(COC(C)=O)C(C)C(C)C1NC(C)=O)N(C(C)C)C(C)C. The third-order valence-corrected chi connectivity index (χ3v) is 14.1. The van der Waals surface area contributed by atoms with Gasteiger partial charge in [-0.3, -0.25) is 24.1 Å². The fourth-order valence-corrected chi connectivity index (χ4v) is 9.81. The molecule has 6 unspecified atom stereocenters. The second-order valence-electron chi connectivity index (χ2n) is 20.2. The van der Waals surface area contributed by atoms with E-state index >= 15 is 0 Å². The van der Waals surface area contributed by atoms with E-state index in [1.165, 1.54) is 13.8 Å². The van der Waals surface area contributed by atoms with Gasteiger partial charge in [0.2, 0.25) is 24.8 Å². The van der Waals surface area contributed by atoms with Gasteiger partial charge in [-0.05, 0) is 106 Å².